The summed E-state index contributed by atoms with van der Waals surface area (Å²) in [6.45, 7) is 0.651. The molecule has 0 unspecified atom stereocenters. The van der Waals surface area contributed by atoms with Gasteiger partial charge in [-0.2, -0.15) is 0 Å². The Morgan fingerprint density at radius 3 is 2.56 bits per heavy atom. The molecule has 0 heterocycles. The lowest BCUT2D eigenvalue weighted by atomic mass is 10.1. The molecule has 18 heavy (non-hydrogen) atoms. The molecule has 0 aliphatic carbocycles. The molecular formula is C15H16ClNO. The summed E-state index contributed by atoms with van der Waals surface area (Å²) in [4.78, 5) is 0. The Hall–Kier alpha value is -1.67. The Kier molecular flexibility index (Phi) is 4.48. The first-order valence-electron chi connectivity index (χ1n) is 5.97. The zero-order valence-electron chi connectivity index (χ0n) is 10.1. The van der Waals surface area contributed by atoms with E-state index in [9.17, 15) is 0 Å². The van der Waals surface area contributed by atoms with Crippen LogP contribution >= 0.6 is 11.6 Å². The first kappa shape index (κ1) is 12.8. The Balaban J connectivity index is 1.79. The van der Waals surface area contributed by atoms with Gasteiger partial charge in [0.25, 0.3) is 0 Å². The molecule has 0 radical (unpaired) electrons. The van der Waals surface area contributed by atoms with Crippen LogP contribution < -0.4 is 10.5 Å². The summed E-state index contributed by atoms with van der Waals surface area (Å²) in [7, 11) is 0. The lowest BCUT2D eigenvalue weighted by Crippen LogP contribution is -2.00. The number of hydrogen-bond acceptors (Lipinski definition) is 2. The molecule has 0 atom stereocenters. The van der Waals surface area contributed by atoms with Crippen molar-refractivity contribution in [2.24, 2.45) is 0 Å². The van der Waals surface area contributed by atoms with Crippen LogP contribution in [0.25, 0.3) is 0 Å². The topological polar surface area (TPSA) is 35.2 Å². The fourth-order valence-corrected chi connectivity index (χ4v) is 1.98. The van der Waals surface area contributed by atoms with Crippen LogP contribution in [-0.4, -0.2) is 6.61 Å². The molecular weight excluding hydrogens is 246 g/mol. The van der Waals surface area contributed by atoms with Gasteiger partial charge in [-0.15, -0.1) is 0 Å². The minimum atomic E-state index is 0.565. The third-order valence-corrected chi connectivity index (χ3v) is 2.96. The molecule has 0 aliphatic rings. The molecule has 0 spiro atoms. The second-order valence-electron chi connectivity index (χ2n) is 4.13. The van der Waals surface area contributed by atoms with Crippen LogP contribution in [0.3, 0.4) is 0 Å². The zero-order chi connectivity index (χ0) is 12.8. The number of ether oxygens (including phenoxy) is 1. The van der Waals surface area contributed by atoms with E-state index in [0.29, 0.717) is 23.1 Å². The Labute approximate surface area is 112 Å². The van der Waals surface area contributed by atoms with Crippen molar-refractivity contribution >= 4 is 17.3 Å². The van der Waals surface area contributed by atoms with Gasteiger partial charge in [0.2, 0.25) is 0 Å². The summed E-state index contributed by atoms with van der Waals surface area (Å²) in [5.41, 5.74) is 7.59. The summed E-state index contributed by atoms with van der Waals surface area (Å²) < 4.78 is 5.63. The molecule has 0 saturated carbocycles. The number of rotatable bonds is 5. The lowest BCUT2D eigenvalue weighted by molar-refractivity contribution is 0.311. The number of benzene rings is 2. The second kappa shape index (κ2) is 6.31. The molecule has 3 heteroatoms. The van der Waals surface area contributed by atoms with Gasteiger partial charge >= 0.3 is 0 Å². The van der Waals surface area contributed by atoms with Crippen molar-refractivity contribution in [1.82, 2.24) is 0 Å². The molecule has 0 fully saturated rings. The largest absolute Gasteiger partial charge is 0.492 e. The molecule has 0 saturated heterocycles. The highest BCUT2D eigenvalue weighted by molar-refractivity contribution is 6.32. The summed E-state index contributed by atoms with van der Waals surface area (Å²) in [6, 6.07) is 15.7. The third-order valence-electron chi connectivity index (χ3n) is 2.67. The Morgan fingerprint density at radius 2 is 1.83 bits per heavy atom. The average Bonchev–Trinajstić information content (AvgIpc) is 2.38. The number of aryl methyl sites for hydroxylation is 1. The third kappa shape index (κ3) is 3.67. The predicted octanol–water partition coefficient (Wildman–Crippen LogP) is 3.93. The lowest BCUT2D eigenvalue weighted by Gasteiger charge is -2.08. The van der Waals surface area contributed by atoms with E-state index in [1.54, 1.807) is 18.2 Å². The molecule has 94 valence electrons. The molecule has 2 aromatic rings. The van der Waals surface area contributed by atoms with Crippen molar-refractivity contribution in [3.8, 4) is 5.75 Å². The quantitative estimate of drug-likeness (QED) is 0.654. The van der Waals surface area contributed by atoms with Crippen LogP contribution in [0.15, 0.2) is 48.5 Å². The normalized spacial score (nSPS) is 10.3. The first-order chi connectivity index (χ1) is 8.75. The highest BCUT2D eigenvalue weighted by Gasteiger charge is 2.01. The summed E-state index contributed by atoms with van der Waals surface area (Å²) >= 11 is 6.02. The van der Waals surface area contributed by atoms with Crippen LogP contribution in [0.5, 0.6) is 5.75 Å². The highest BCUT2D eigenvalue weighted by Crippen LogP contribution is 2.26. The van der Waals surface area contributed by atoms with Gasteiger partial charge in [-0.1, -0.05) is 41.9 Å². The Morgan fingerprint density at radius 1 is 1.06 bits per heavy atom. The molecule has 0 aromatic heterocycles. The van der Waals surface area contributed by atoms with E-state index in [-0.39, 0.29) is 0 Å². The van der Waals surface area contributed by atoms with Crippen LogP contribution in [0.1, 0.15) is 12.0 Å². The van der Waals surface area contributed by atoms with E-state index in [1.807, 2.05) is 18.2 Å². The van der Waals surface area contributed by atoms with Crippen molar-refractivity contribution in [3.05, 3.63) is 59.1 Å². The average molecular weight is 262 g/mol. The van der Waals surface area contributed by atoms with E-state index in [0.717, 1.165) is 12.8 Å². The maximum atomic E-state index is 6.02. The van der Waals surface area contributed by atoms with Gasteiger partial charge in [0.05, 0.1) is 11.6 Å². The van der Waals surface area contributed by atoms with Crippen LogP contribution in [0, 0.1) is 0 Å². The van der Waals surface area contributed by atoms with E-state index < -0.39 is 0 Å². The number of nitrogen functional groups attached to an aromatic ring is 1. The van der Waals surface area contributed by atoms with E-state index >= 15 is 0 Å². The van der Waals surface area contributed by atoms with Gasteiger partial charge in [-0.25, -0.2) is 0 Å². The predicted molar refractivity (Wildman–Crippen MR) is 76.1 cm³/mol. The summed E-state index contributed by atoms with van der Waals surface area (Å²) in [6.07, 6.45) is 1.97. The number of hydrogen-bond donors (Lipinski definition) is 1. The van der Waals surface area contributed by atoms with Gasteiger partial charge in [0.1, 0.15) is 5.75 Å². The van der Waals surface area contributed by atoms with Gasteiger partial charge in [-0.3, -0.25) is 0 Å². The van der Waals surface area contributed by atoms with Gasteiger partial charge in [0.15, 0.2) is 0 Å². The first-order valence-corrected chi connectivity index (χ1v) is 6.35. The van der Waals surface area contributed by atoms with Crippen LogP contribution in [0.2, 0.25) is 5.02 Å². The van der Waals surface area contributed by atoms with E-state index in [1.165, 1.54) is 5.56 Å². The molecule has 2 rings (SSSR count). The molecule has 2 N–H and O–H groups in total. The molecule has 0 amide bonds. The summed E-state index contributed by atoms with van der Waals surface area (Å²) in [5, 5.41) is 0.565. The van der Waals surface area contributed by atoms with Crippen molar-refractivity contribution in [3.63, 3.8) is 0 Å². The second-order valence-corrected chi connectivity index (χ2v) is 4.53. The van der Waals surface area contributed by atoms with Gasteiger partial charge in [-0.05, 0) is 36.6 Å². The van der Waals surface area contributed by atoms with Crippen molar-refractivity contribution in [1.29, 1.82) is 0 Å². The van der Waals surface area contributed by atoms with Crippen molar-refractivity contribution in [2.75, 3.05) is 12.3 Å². The maximum absolute atomic E-state index is 6.02. The molecule has 0 bridgehead atoms. The number of anilines is 1. The standard InChI is InChI=1S/C15H16ClNO/c16-14-11-13(17)8-9-15(14)18-10-4-7-12-5-2-1-3-6-12/h1-3,5-6,8-9,11H,4,7,10,17H2. The monoisotopic (exact) mass is 261 g/mol. The maximum Gasteiger partial charge on any atom is 0.138 e. The van der Waals surface area contributed by atoms with Crippen molar-refractivity contribution < 1.29 is 4.74 Å². The zero-order valence-corrected chi connectivity index (χ0v) is 10.9. The van der Waals surface area contributed by atoms with Crippen LogP contribution in [0.4, 0.5) is 5.69 Å². The minimum Gasteiger partial charge on any atom is -0.492 e. The van der Waals surface area contributed by atoms with Gasteiger partial charge < -0.3 is 10.5 Å². The molecule has 0 aliphatic heterocycles. The highest BCUT2D eigenvalue weighted by atomic mass is 35.5. The molecule has 2 aromatic carbocycles. The Bertz CT molecular complexity index is 499. The SMILES string of the molecule is Nc1ccc(OCCCc2ccccc2)c(Cl)c1. The van der Waals surface area contributed by atoms with E-state index in [4.69, 9.17) is 22.1 Å². The molecule has 2 nitrogen and oxygen atoms in total. The minimum absolute atomic E-state index is 0.565. The summed E-state index contributed by atoms with van der Waals surface area (Å²) in [5.74, 6) is 0.693. The number of nitrogens with two attached hydrogens (primary N) is 1. The van der Waals surface area contributed by atoms with Crippen molar-refractivity contribution in [2.45, 2.75) is 12.8 Å². The fourth-order valence-electron chi connectivity index (χ4n) is 1.74. The fraction of sp³-hybridized carbons (Fsp3) is 0.200. The smallest absolute Gasteiger partial charge is 0.138 e. The van der Waals surface area contributed by atoms with Crippen LogP contribution in [-0.2, 0) is 6.42 Å². The van der Waals surface area contributed by atoms with Gasteiger partial charge in [0, 0.05) is 5.69 Å². The van der Waals surface area contributed by atoms with E-state index in [2.05, 4.69) is 12.1 Å². The number of halogens is 1.